The van der Waals surface area contributed by atoms with E-state index in [9.17, 15) is 0 Å². The number of para-hydroxylation sites is 5. The first kappa shape index (κ1) is 47.2. The maximum Gasteiger partial charge on any atom is 0.160 e. The number of fused-ring (bicyclic) bond motifs is 16. The second-order valence-corrected chi connectivity index (χ2v) is 22.0. The molecular formula is C77H47N5O3. The van der Waals surface area contributed by atoms with Crippen molar-refractivity contribution in [3.63, 3.8) is 0 Å². The standard InChI is InChI=1S/C77H47N5O3/c1-3-16-65-51(4-2)57-41-74-60(54-21-7-12-26-71(54)83-74)38-68(57)80(65)48-33-29-45(30-34-48)63-44-64(46-31-35-49(36-32-46)81-66-24-10-5-19-52(66)58-42-75-61(39-69(58)81)55-22-8-13-27-72(55)84-75)79-77(78-63)47-17-15-18-50(37-47)82-67-25-11-6-20-53(67)59-43-76-62(40-70(59)82)56-23-9-14-28-73(56)85-76/h3-44H,1H2,2H3/b51-4-,65-16+. The monoisotopic (exact) mass is 1090 g/mol. The molecule has 0 aliphatic heterocycles. The van der Waals surface area contributed by atoms with E-state index in [0.29, 0.717) is 5.82 Å². The molecule has 18 rings (SSSR count). The lowest BCUT2D eigenvalue weighted by Crippen LogP contribution is -2.27. The molecule has 398 valence electrons. The molecular weight excluding hydrogens is 1040 g/mol. The molecule has 8 heteroatoms. The zero-order valence-electron chi connectivity index (χ0n) is 45.9. The lowest BCUT2D eigenvalue weighted by Gasteiger charge is -2.13. The minimum Gasteiger partial charge on any atom is -0.456 e. The van der Waals surface area contributed by atoms with Crippen molar-refractivity contribution in [1.82, 2.24) is 23.7 Å². The molecule has 8 nitrogen and oxygen atoms in total. The SMILES string of the molecule is C=C/C=c1\c(=C/C)c2cc3oc4ccccc4c3cc2n1-c1ccc(-c2cc(-c3ccc(-n4c5ccccc5c5cc6oc7ccccc7c6cc54)cc3)nc(-c3cccc(-n4c5ccccc5c5cc6oc7ccccc7c6cc54)c3)n2)cc1. The van der Waals surface area contributed by atoms with Crippen LogP contribution in [0.5, 0.6) is 0 Å². The fourth-order valence-electron chi connectivity index (χ4n) is 13.6. The third-order valence-corrected chi connectivity index (χ3v) is 17.4. The second-order valence-electron chi connectivity index (χ2n) is 22.0. The minimum absolute atomic E-state index is 0.615. The zero-order chi connectivity index (χ0) is 56.0. The van der Waals surface area contributed by atoms with Crippen LogP contribution in [-0.2, 0) is 0 Å². The summed E-state index contributed by atoms with van der Waals surface area (Å²) in [5.41, 5.74) is 18.2. The summed E-state index contributed by atoms with van der Waals surface area (Å²) < 4.78 is 26.3. The van der Waals surface area contributed by atoms with Gasteiger partial charge in [-0.1, -0.05) is 146 Å². The van der Waals surface area contributed by atoms with Crippen LogP contribution in [0.4, 0.5) is 0 Å². The summed E-state index contributed by atoms with van der Waals surface area (Å²) >= 11 is 0. The van der Waals surface area contributed by atoms with E-state index in [2.05, 4.69) is 240 Å². The Labute approximate surface area is 484 Å². The molecule has 0 fully saturated rings. The lowest BCUT2D eigenvalue weighted by molar-refractivity contribution is 0.669. The van der Waals surface area contributed by atoms with Crippen molar-refractivity contribution >= 4 is 132 Å². The fourth-order valence-corrected chi connectivity index (χ4v) is 13.6. The molecule has 0 unspecified atom stereocenters. The van der Waals surface area contributed by atoms with E-state index in [1.165, 1.54) is 5.39 Å². The molecule has 0 spiro atoms. The Morgan fingerprint density at radius 1 is 0.329 bits per heavy atom. The van der Waals surface area contributed by atoms with Crippen LogP contribution in [0.3, 0.4) is 0 Å². The van der Waals surface area contributed by atoms with Gasteiger partial charge in [0.15, 0.2) is 5.82 Å². The Hall–Kier alpha value is -11.5. The van der Waals surface area contributed by atoms with Gasteiger partial charge in [-0.2, -0.15) is 0 Å². The Bertz CT molecular complexity index is 6000. The Balaban J connectivity index is 0.805. The Morgan fingerprint density at radius 3 is 1.26 bits per heavy atom. The van der Waals surface area contributed by atoms with Gasteiger partial charge in [0.1, 0.15) is 33.5 Å². The van der Waals surface area contributed by atoms with Crippen molar-refractivity contribution in [3.05, 3.63) is 260 Å². The van der Waals surface area contributed by atoms with Gasteiger partial charge in [-0.05, 0) is 122 Å². The molecule has 11 aromatic carbocycles. The maximum absolute atomic E-state index is 6.43. The van der Waals surface area contributed by atoms with E-state index in [-0.39, 0.29) is 0 Å². The van der Waals surface area contributed by atoms with E-state index < -0.39 is 0 Å². The van der Waals surface area contributed by atoms with E-state index in [1.807, 2.05) is 42.5 Å². The molecule has 0 saturated carbocycles. The highest BCUT2D eigenvalue weighted by Gasteiger charge is 2.21. The van der Waals surface area contributed by atoms with Crippen molar-refractivity contribution in [3.8, 4) is 51.0 Å². The van der Waals surface area contributed by atoms with Gasteiger partial charge in [0.25, 0.3) is 0 Å². The van der Waals surface area contributed by atoms with E-state index in [0.717, 1.165) is 171 Å². The first-order valence-electron chi connectivity index (χ1n) is 28.7. The number of rotatable bonds is 7. The van der Waals surface area contributed by atoms with Gasteiger partial charge in [-0.3, -0.25) is 0 Å². The highest BCUT2D eigenvalue weighted by atomic mass is 16.3. The largest absolute Gasteiger partial charge is 0.456 e. The fraction of sp³-hybridized carbons (Fsp3) is 0.0130. The third kappa shape index (κ3) is 7.03. The van der Waals surface area contributed by atoms with Crippen LogP contribution >= 0.6 is 0 Å². The molecule has 0 saturated heterocycles. The number of hydrogen-bond acceptors (Lipinski definition) is 5. The third-order valence-electron chi connectivity index (χ3n) is 17.4. The number of hydrogen-bond donors (Lipinski definition) is 0. The molecule has 18 aromatic rings. The van der Waals surface area contributed by atoms with Gasteiger partial charge in [0.05, 0.1) is 44.3 Å². The Kier molecular flexibility index (Phi) is 10.00. The van der Waals surface area contributed by atoms with E-state index in [4.69, 9.17) is 23.2 Å². The number of nitrogens with zero attached hydrogens (tertiary/aromatic N) is 5. The number of aromatic nitrogens is 5. The molecule has 7 aromatic heterocycles. The smallest absolute Gasteiger partial charge is 0.160 e. The number of benzene rings is 11. The zero-order valence-corrected chi connectivity index (χ0v) is 45.9. The van der Waals surface area contributed by atoms with Gasteiger partial charge < -0.3 is 27.0 Å². The average molecular weight is 1090 g/mol. The average Bonchev–Trinajstić information content (AvgIpc) is 2.13. The predicted molar refractivity (Wildman–Crippen MR) is 350 cm³/mol. The van der Waals surface area contributed by atoms with Crippen LogP contribution in [0.15, 0.2) is 262 Å². The quantitative estimate of drug-likeness (QED) is 0.159. The van der Waals surface area contributed by atoms with Crippen molar-refractivity contribution in [2.75, 3.05) is 0 Å². The summed E-state index contributed by atoms with van der Waals surface area (Å²) in [7, 11) is 0. The van der Waals surface area contributed by atoms with Crippen LogP contribution in [-0.4, -0.2) is 23.7 Å². The first-order valence-corrected chi connectivity index (χ1v) is 28.7. The van der Waals surface area contributed by atoms with Crippen molar-refractivity contribution < 1.29 is 13.3 Å². The van der Waals surface area contributed by atoms with E-state index >= 15 is 0 Å². The van der Waals surface area contributed by atoms with Gasteiger partial charge >= 0.3 is 0 Å². The Morgan fingerprint density at radius 2 is 0.765 bits per heavy atom. The van der Waals surface area contributed by atoms with Crippen molar-refractivity contribution in [2.45, 2.75) is 6.92 Å². The van der Waals surface area contributed by atoms with Crippen molar-refractivity contribution in [1.29, 1.82) is 0 Å². The van der Waals surface area contributed by atoms with Gasteiger partial charge in [-0.25, -0.2) is 9.97 Å². The lowest BCUT2D eigenvalue weighted by atomic mass is 10.1. The molecule has 85 heavy (non-hydrogen) atoms. The first-order chi connectivity index (χ1) is 42.0. The highest BCUT2D eigenvalue weighted by molar-refractivity contribution is 6.19. The van der Waals surface area contributed by atoms with Crippen LogP contribution in [0.2, 0.25) is 0 Å². The molecule has 0 atom stereocenters. The predicted octanol–water partition coefficient (Wildman–Crippen LogP) is 19.1. The topological polar surface area (TPSA) is 80.0 Å². The van der Waals surface area contributed by atoms with Gasteiger partial charge in [0, 0.05) is 98.2 Å². The van der Waals surface area contributed by atoms with Crippen LogP contribution in [0.25, 0.3) is 183 Å². The van der Waals surface area contributed by atoms with Crippen LogP contribution in [0, 0.1) is 0 Å². The van der Waals surface area contributed by atoms with Crippen molar-refractivity contribution in [2.24, 2.45) is 0 Å². The van der Waals surface area contributed by atoms with Crippen LogP contribution < -0.4 is 10.6 Å². The second kappa shape index (κ2) is 18.0. The number of allylic oxidation sites excluding steroid dienone is 1. The summed E-state index contributed by atoms with van der Waals surface area (Å²) in [6, 6.07) is 83.7. The highest BCUT2D eigenvalue weighted by Crippen LogP contribution is 2.42. The summed E-state index contributed by atoms with van der Waals surface area (Å²) in [5, 5.41) is 14.4. The minimum atomic E-state index is 0.615. The summed E-state index contributed by atoms with van der Waals surface area (Å²) in [5.74, 6) is 0.615. The molecule has 7 heterocycles. The van der Waals surface area contributed by atoms with Gasteiger partial charge in [0.2, 0.25) is 0 Å². The van der Waals surface area contributed by atoms with E-state index in [1.54, 1.807) is 0 Å². The molecule has 0 N–H and O–H groups in total. The molecule has 0 amide bonds. The van der Waals surface area contributed by atoms with Gasteiger partial charge in [-0.15, -0.1) is 0 Å². The number of furan rings is 3. The molecule has 0 aliphatic rings. The normalized spacial score (nSPS) is 12.7. The summed E-state index contributed by atoms with van der Waals surface area (Å²) in [6.45, 7) is 6.23. The molecule has 0 bridgehead atoms. The van der Waals surface area contributed by atoms with Crippen LogP contribution in [0.1, 0.15) is 6.92 Å². The molecule has 0 aliphatic carbocycles. The molecule has 0 radical (unpaired) electrons. The summed E-state index contributed by atoms with van der Waals surface area (Å²) in [4.78, 5) is 10.9. The summed E-state index contributed by atoms with van der Waals surface area (Å²) in [6.07, 6.45) is 6.12. The maximum atomic E-state index is 6.43.